The van der Waals surface area contributed by atoms with Crippen molar-refractivity contribution >= 4 is 56.5 Å². The van der Waals surface area contributed by atoms with E-state index in [1.54, 1.807) is 7.11 Å². The zero-order chi connectivity index (χ0) is 26.5. The van der Waals surface area contributed by atoms with Gasteiger partial charge in [-0.25, -0.2) is 4.98 Å². The minimum Gasteiger partial charge on any atom is -0.497 e. The summed E-state index contributed by atoms with van der Waals surface area (Å²) in [5.41, 5.74) is 3.00. The van der Waals surface area contributed by atoms with Crippen molar-refractivity contribution in [2.45, 2.75) is 17.1 Å². The molecule has 1 unspecified atom stereocenters. The fraction of sp³-hybridized carbons (Fsp3) is 0.100. The summed E-state index contributed by atoms with van der Waals surface area (Å²) >= 11 is 2.82. The summed E-state index contributed by atoms with van der Waals surface area (Å²) in [6, 6.07) is 28.7. The maximum Gasteiger partial charge on any atom is 0.255 e. The first kappa shape index (κ1) is 25.5. The molecule has 2 N–H and O–H groups in total. The van der Waals surface area contributed by atoms with Crippen LogP contribution >= 0.6 is 23.1 Å². The SMILES string of the molecule is COc1cccc(-c2csc(NC(=O)C(C)Sc3ccc(NC(=O)c4ccc5ccccc5c4)cc3)n2)c1. The number of methoxy groups -OCH3 is 1. The summed E-state index contributed by atoms with van der Waals surface area (Å²) in [5.74, 6) is 0.460. The number of benzene rings is 4. The molecule has 8 heteroatoms. The molecule has 6 nitrogen and oxygen atoms in total. The number of hydrogen-bond donors (Lipinski definition) is 2. The van der Waals surface area contributed by atoms with Crippen LogP contribution in [0.4, 0.5) is 10.8 Å². The molecule has 0 aliphatic heterocycles. The molecule has 0 saturated carbocycles. The lowest BCUT2D eigenvalue weighted by Gasteiger charge is -2.11. The number of rotatable bonds is 8. The number of amides is 2. The first-order chi connectivity index (χ1) is 18.5. The lowest BCUT2D eigenvalue weighted by molar-refractivity contribution is -0.115. The third-order valence-electron chi connectivity index (χ3n) is 5.91. The lowest BCUT2D eigenvalue weighted by atomic mass is 10.1. The van der Waals surface area contributed by atoms with Crippen molar-refractivity contribution in [3.8, 4) is 17.0 Å². The van der Waals surface area contributed by atoms with E-state index < -0.39 is 0 Å². The molecule has 1 aromatic heterocycles. The van der Waals surface area contributed by atoms with Crippen molar-refractivity contribution < 1.29 is 14.3 Å². The van der Waals surface area contributed by atoms with Crippen LogP contribution in [0, 0.1) is 0 Å². The predicted molar refractivity (Wildman–Crippen MR) is 156 cm³/mol. The van der Waals surface area contributed by atoms with Crippen molar-refractivity contribution in [2.24, 2.45) is 0 Å². The van der Waals surface area contributed by atoms with Crippen LogP contribution < -0.4 is 15.4 Å². The van der Waals surface area contributed by atoms with Gasteiger partial charge in [-0.1, -0.05) is 42.5 Å². The number of fused-ring (bicyclic) bond motifs is 1. The second-order valence-corrected chi connectivity index (χ2v) is 10.8. The van der Waals surface area contributed by atoms with E-state index in [1.807, 2.05) is 103 Å². The number of aromatic nitrogens is 1. The molecule has 1 heterocycles. The van der Waals surface area contributed by atoms with Gasteiger partial charge in [0.2, 0.25) is 5.91 Å². The largest absolute Gasteiger partial charge is 0.497 e. The monoisotopic (exact) mass is 539 g/mol. The van der Waals surface area contributed by atoms with Gasteiger partial charge in [-0.3, -0.25) is 9.59 Å². The van der Waals surface area contributed by atoms with Crippen molar-refractivity contribution in [3.05, 3.63) is 102 Å². The molecule has 0 aliphatic carbocycles. The van der Waals surface area contributed by atoms with Crippen LogP contribution in [0.15, 0.2) is 101 Å². The number of carbonyl (C=O) groups is 2. The Morgan fingerprint density at radius 1 is 0.895 bits per heavy atom. The molecule has 2 amide bonds. The van der Waals surface area contributed by atoms with Gasteiger partial charge in [0.15, 0.2) is 5.13 Å². The number of thiazole rings is 1. The first-order valence-electron chi connectivity index (χ1n) is 12.0. The van der Waals surface area contributed by atoms with Gasteiger partial charge in [-0.2, -0.15) is 0 Å². The maximum absolute atomic E-state index is 12.8. The minimum atomic E-state index is -0.336. The van der Waals surface area contributed by atoms with Crippen LogP contribution in [-0.4, -0.2) is 29.2 Å². The van der Waals surface area contributed by atoms with Gasteiger partial charge in [0.25, 0.3) is 5.91 Å². The summed E-state index contributed by atoms with van der Waals surface area (Å²) < 4.78 is 5.28. The minimum absolute atomic E-state index is 0.129. The van der Waals surface area contributed by atoms with E-state index in [1.165, 1.54) is 23.1 Å². The average Bonchev–Trinajstić information content (AvgIpc) is 3.42. The van der Waals surface area contributed by atoms with E-state index >= 15 is 0 Å². The Morgan fingerprint density at radius 2 is 1.68 bits per heavy atom. The third-order valence-corrected chi connectivity index (χ3v) is 7.78. The van der Waals surface area contributed by atoms with Crippen LogP contribution in [0.2, 0.25) is 0 Å². The van der Waals surface area contributed by atoms with Crippen LogP contribution in [0.3, 0.4) is 0 Å². The Kier molecular flexibility index (Phi) is 7.72. The summed E-state index contributed by atoms with van der Waals surface area (Å²) in [4.78, 5) is 31.0. The van der Waals surface area contributed by atoms with E-state index in [2.05, 4.69) is 15.6 Å². The summed E-state index contributed by atoms with van der Waals surface area (Å²) in [6.07, 6.45) is 0. The highest BCUT2D eigenvalue weighted by atomic mass is 32.2. The number of carbonyl (C=O) groups excluding carboxylic acids is 2. The number of anilines is 2. The number of hydrogen-bond acceptors (Lipinski definition) is 6. The van der Waals surface area contributed by atoms with Crippen molar-refractivity contribution in [2.75, 3.05) is 17.7 Å². The zero-order valence-corrected chi connectivity index (χ0v) is 22.4. The molecule has 0 spiro atoms. The lowest BCUT2D eigenvalue weighted by Crippen LogP contribution is -2.22. The van der Waals surface area contributed by atoms with Crippen molar-refractivity contribution in [1.29, 1.82) is 0 Å². The summed E-state index contributed by atoms with van der Waals surface area (Å²) in [7, 11) is 1.63. The molecule has 0 bridgehead atoms. The molecule has 1 atom stereocenters. The number of ether oxygens (including phenoxy) is 1. The summed E-state index contributed by atoms with van der Waals surface area (Å²) in [5, 5.41) is 10.1. The van der Waals surface area contributed by atoms with Crippen LogP contribution in [0.25, 0.3) is 22.0 Å². The van der Waals surface area contributed by atoms with Crippen LogP contribution in [0.5, 0.6) is 5.75 Å². The maximum atomic E-state index is 12.8. The van der Waals surface area contributed by atoms with E-state index in [4.69, 9.17) is 4.74 Å². The van der Waals surface area contributed by atoms with Gasteiger partial charge in [0.1, 0.15) is 5.75 Å². The second kappa shape index (κ2) is 11.5. The van der Waals surface area contributed by atoms with Gasteiger partial charge in [-0.05, 0) is 66.2 Å². The standard InChI is InChI=1S/C30H25N3O3S2/c1-19(28(34)33-30-32-27(18-37-30)22-8-5-9-25(17-22)36-2)38-26-14-12-24(13-15-26)31-29(35)23-11-10-20-6-3-4-7-21(20)16-23/h3-19H,1-2H3,(H,31,35)(H,32,33,34). The Morgan fingerprint density at radius 3 is 2.47 bits per heavy atom. The zero-order valence-electron chi connectivity index (χ0n) is 20.8. The molecule has 38 heavy (non-hydrogen) atoms. The fourth-order valence-corrected chi connectivity index (χ4v) is 5.45. The van der Waals surface area contributed by atoms with Crippen molar-refractivity contribution in [1.82, 2.24) is 4.98 Å². The number of nitrogens with one attached hydrogen (secondary N) is 2. The molecule has 0 fully saturated rings. The number of thioether (sulfide) groups is 1. The molecule has 0 aliphatic rings. The predicted octanol–water partition coefficient (Wildman–Crippen LogP) is 7.34. The smallest absolute Gasteiger partial charge is 0.255 e. The topological polar surface area (TPSA) is 80.3 Å². The third kappa shape index (κ3) is 6.04. The molecule has 0 saturated heterocycles. The first-order valence-corrected chi connectivity index (χ1v) is 13.7. The molecule has 190 valence electrons. The average molecular weight is 540 g/mol. The van der Waals surface area contributed by atoms with Crippen LogP contribution in [0.1, 0.15) is 17.3 Å². The molecule has 4 aromatic carbocycles. The highest BCUT2D eigenvalue weighted by Crippen LogP contribution is 2.29. The highest BCUT2D eigenvalue weighted by molar-refractivity contribution is 8.00. The van der Waals surface area contributed by atoms with Gasteiger partial charge in [0.05, 0.1) is 18.1 Å². The van der Waals surface area contributed by atoms with E-state index in [0.29, 0.717) is 16.4 Å². The van der Waals surface area contributed by atoms with Crippen molar-refractivity contribution in [3.63, 3.8) is 0 Å². The molecule has 5 rings (SSSR count). The Balaban J connectivity index is 1.16. The normalized spacial score (nSPS) is 11.6. The Labute approximate surface area is 229 Å². The van der Waals surface area contributed by atoms with E-state index in [0.717, 1.165) is 32.7 Å². The quantitative estimate of drug-likeness (QED) is 0.202. The second-order valence-electron chi connectivity index (χ2n) is 8.56. The van der Waals surface area contributed by atoms with E-state index in [-0.39, 0.29) is 17.1 Å². The van der Waals surface area contributed by atoms with Gasteiger partial charge >= 0.3 is 0 Å². The molecular formula is C30H25N3O3S2. The van der Waals surface area contributed by atoms with Gasteiger partial charge < -0.3 is 15.4 Å². The van der Waals surface area contributed by atoms with Gasteiger partial charge in [-0.15, -0.1) is 23.1 Å². The molecule has 0 radical (unpaired) electrons. The fourth-order valence-electron chi connectivity index (χ4n) is 3.86. The molecular weight excluding hydrogens is 514 g/mol. The Hall–Kier alpha value is -4.14. The highest BCUT2D eigenvalue weighted by Gasteiger charge is 2.17. The van der Waals surface area contributed by atoms with Crippen LogP contribution in [-0.2, 0) is 4.79 Å². The van der Waals surface area contributed by atoms with E-state index in [9.17, 15) is 9.59 Å². The number of nitrogens with zero attached hydrogens (tertiary/aromatic N) is 1. The van der Waals surface area contributed by atoms with Gasteiger partial charge in [0, 0.05) is 27.1 Å². The Bertz CT molecular complexity index is 1600. The molecule has 5 aromatic rings. The summed E-state index contributed by atoms with van der Waals surface area (Å²) in [6.45, 7) is 1.85.